The van der Waals surface area contributed by atoms with Gasteiger partial charge < -0.3 is 10.1 Å². The number of hydrogen-bond donors (Lipinski definition) is 1. The van der Waals surface area contributed by atoms with E-state index in [0.717, 1.165) is 11.3 Å². The molecule has 0 fully saturated rings. The van der Waals surface area contributed by atoms with Gasteiger partial charge in [-0.3, -0.25) is 10.1 Å². The second-order valence-corrected chi connectivity index (χ2v) is 5.03. The average molecular weight is 312 g/mol. The highest BCUT2D eigenvalue weighted by Gasteiger charge is 2.22. The third-order valence-electron chi connectivity index (χ3n) is 3.29. The fourth-order valence-corrected chi connectivity index (χ4v) is 2.27. The van der Waals surface area contributed by atoms with Crippen LogP contribution in [0.3, 0.4) is 0 Å². The highest BCUT2D eigenvalue weighted by molar-refractivity contribution is 5.64. The van der Waals surface area contributed by atoms with Gasteiger partial charge in [-0.2, -0.15) is 5.26 Å². The zero-order chi connectivity index (χ0) is 16.8. The molecule has 2 rings (SSSR count). The minimum absolute atomic E-state index is 0.0129. The first-order valence-corrected chi connectivity index (χ1v) is 6.98. The number of nitrogens with zero attached hydrogens (tertiary/aromatic N) is 3. The van der Waals surface area contributed by atoms with Gasteiger partial charge >= 0.3 is 5.69 Å². The van der Waals surface area contributed by atoms with Crippen LogP contribution in [-0.4, -0.2) is 23.1 Å². The highest BCUT2D eigenvalue weighted by atomic mass is 16.6. The molecule has 1 atom stereocenters. The van der Waals surface area contributed by atoms with Gasteiger partial charge in [-0.05, 0) is 37.1 Å². The molecular formula is C16H16N4O3. The van der Waals surface area contributed by atoms with Crippen molar-refractivity contribution in [3.63, 3.8) is 0 Å². The Balaban J connectivity index is 2.19. The van der Waals surface area contributed by atoms with E-state index in [0.29, 0.717) is 6.42 Å². The number of ether oxygens (including phenoxy) is 1. The van der Waals surface area contributed by atoms with Crippen LogP contribution in [0.2, 0.25) is 0 Å². The van der Waals surface area contributed by atoms with Gasteiger partial charge in [0.2, 0.25) is 5.82 Å². The second-order valence-electron chi connectivity index (χ2n) is 5.03. The van der Waals surface area contributed by atoms with E-state index in [9.17, 15) is 10.1 Å². The van der Waals surface area contributed by atoms with Gasteiger partial charge in [0.1, 0.15) is 17.4 Å². The normalized spacial score (nSPS) is 11.3. The summed E-state index contributed by atoms with van der Waals surface area (Å²) < 4.78 is 5.18. The molecule has 1 aromatic carbocycles. The summed E-state index contributed by atoms with van der Waals surface area (Å²) in [7, 11) is 1.60. The number of benzene rings is 1. The van der Waals surface area contributed by atoms with Crippen LogP contribution in [0.25, 0.3) is 0 Å². The number of nitro groups is 1. The van der Waals surface area contributed by atoms with Crippen molar-refractivity contribution < 1.29 is 9.66 Å². The quantitative estimate of drug-likeness (QED) is 0.650. The highest BCUT2D eigenvalue weighted by Crippen LogP contribution is 2.26. The van der Waals surface area contributed by atoms with Crippen molar-refractivity contribution in [3.05, 3.63) is 57.8 Å². The minimum Gasteiger partial charge on any atom is -0.497 e. The molecule has 0 bridgehead atoms. The fourth-order valence-electron chi connectivity index (χ4n) is 2.27. The SMILES string of the molecule is COc1cccc(C[C@@H](C)Nc2nccc(C#N)c2[N+](=O)[O-])c1. The van der Waals surface area contributed by atoms with Crippen molar-refractivity contribution in [1.29, 1.82) is 5.26 Å². The van der Waals surface area contributed by atoms with Gasteiger partial charge in [0.05, 0.1) is 12.0 Å². The van der Waals surface area contributed by atoms with Gasteiger partial charge in [-0.15, -0.1) is 0 Å². The Kier molecular flexibility index (Phi) is 5.10. The van der Waals surface area contributed by atoms with Crippen LogP contribution < -0.4 is 10.1 Å². The van der Waals surface area contributed by atoms with Crippen molar-refractivity contribution in [2.45, 2.75) is 19.4 Å². The number of aromatic nitrogens is 1. The predicted octanol–water partition coefficient (Wildman–Crippen LogP) is 2.91. The Bertz CT molecular complexity index is 755. The lowest BCUT2D eigenvalue weighted by atomic mass is 10.1. The van der Waals surface area contributed by atoms with Crippen molar-refractivity contribution in [2.24, 2.45) is 0 Å². The van der Waals surface area contributed by atoms with E-state index < -0.39 is 4.92 Å². The van der Waals surface area contributed by atoms with Crippen molar-refractivity contribution in [3.8, 4) is 11.8 Å². The van der Waals surface area contributed by atoms with Gasteiger partial charge in [-0.1, -0.05) is 12.1 Å². The zero-order valence-corrected chi connectivity index (χ0v) is 12.8. The molecule has 7 nitrogen and oxygen atoms in total. The summed E-state index contributed by atoms with van der Waals surface area (Å²) >= 11 is 0. The third-order valence-corrected chi connectivity index (χ3v) is 3.29. The van der Waals surface area contributed by atoms with Crippen molar-refractivity contribution in [2.75, 3.05) is 12.4 Å². The zero-order valence-electron chi connectivity index (χ0n) is 12.8. The summed E-state index contributed by atoms with van der Waals surface area (Å²) in [5.74, 6) is 0.856. The molecule has 7 heteroatoms. The van der Waals surface area contributed by atoms with Crippen LogP contribution >= 0.6 is 0 Å². The van der Waals surface area contributed by atoms with Crippen LogP contribution in [0.5, 0.6) is 5.75 Å². The smallest absolute Gasteiger partial charge is 0.328 e. The van der Waals surface area contributed by atoms with E-state index in [-0.39, 0.29) is 23.1 Å². The first-order valence-electron chi connectivity index (χ1n) is 6.98. The molecule has 0 spiro atoms. The Morgan fingerprint density at radius 1 is 1.48 bits per heavy atom. The molecule has 0 saturated carbocycles. The lowest BCUT2D eigenvalue weighted by Gasteiger charge is -2.15. The monoisotopic (exact) mass is 312 g/mol. The summed E-state index contributed by atoms with van der Waals surface area (Å²) in [4.78, 5) is 14.6. The molecule has 0 amide bonds. The molecule has 1 heterocycles. The largest absolute Gasteiger partial charge is 0.497 e. The maximum atomic E-state index is 11.2. The lowest BCUT2D eigenvalue weighted by molar-refractivity contribution is -0.384. The minimum atomic E-state index is -0.591. The van der Waals surface area contributed by atoms with Crippen LogP contribution in [-0.2, 0) is 6.42 Å². The molecule has 0 aliphatic rings. The van der Waals surface area contributed by atoms with Crippen molar-refractivity contribution >= 4 is 11.5 Å². The van der Waals surface area contributed by atoms with Crippen LogP contribution in [0.1, 0.15) is 18.1 Å². The second kappa shape index (κ2) is 7.22. The molecular weight excluding hydrogens is 296 g/mol. The molecule has 0 aliphatic carbocycles. The van der Waals surface area contributed by atoms with Crippen LogP contribution in [0.15, 0.2) is 36.5 Å². The van der Waals surface area contributed by atoms with E-state index in [1.165, 1.54) is 12.3 Å². The fraction of sp³-hybridized carbons (Fsp3) is 0.250. The Morgan fingerprint density at radius 2 is 2.26 bits per heavy atom. The predicted molar refractivity (Wildman–Crippen MR) is 85.4 cm³/mol. The standard InChI is InChI=1S/C16H16N4O3/c1-11(8-12-4-3-5-14(9-12)23-2)19-16-15(20(21)22)13(10-17)6-7-18-16/h3-7,9,11H,8H2,1-2H3,(H,18,19)/t11-/m1/s1. The summed E-state index contributed by atoms with van der Waals surface area (Å²) in [6.45, 7) is 1.89. The van der Waals surface area contributed by atoms with Gasteiger partial charge in [0.25, 0.3) is 0 Å². The van der Waals surface area contributed by atoms with Gasteiger partial charge in [0.15, 0.2) is 0 Å². The first-order chi connectivity index (χ1) is 11.0. The number of methoxy groups -OCH3 is 1. The average Bonchev–Trinajstić information content (AvgIpc) is 2.54. The summed E-state index contributed by atoms with van der Waals surface area (Å²) in [5.41, 5.74) is 0.719. The van der Waals surface area contributed by atoms with E-state index in [1.807, 2.05) is 37.3 Å². The number of anilines is 1. The molecule has 0 saturated heterocycles. The van der Waals surface area contributed by atoms with Crippen molar-refractivity contribution in [1.82, 2.24) is 4.98 Å². The molecule has 0 aliphatic heterocycles. The van der Waals surface area contributed by atoms with E-state index in [2.05, 4.69) is 10.3 Å². The summed E-state index contributed by atoms with van der Waals surface area (Å²) in [6.07, 6.45) is 2.01. The molecule has 0 unspecified atom stereocenters. The molecule has 2 aromatic rings. The Hall–Kier alpha value is -3.14. The number of rotatable bonds is 6. The lowest BCUT2D eigenvalue weighted by Crippen LogP contribution is -2.20. The molecule has 118 valence electrons. The van der Waals surface area contributed by atoms with E-state index in [4.69, 9.17) is 10.00 Å². The Labute approximate surface area is 133 Å². The number of pyridine rings is 1. The summed E-state index contributed by atoms with van der Waals surface area (Å²) in [5, 5.41) is 23.2. The van der Waals surface area contributed by atoms with Gasteiger partial charge in [-0.25, -0.2) is 4.98 Å². The third kappa shape index (κ3) is 3.95. The topological polar surface area (TPSA) is 101 Å². The van der Waals surface area contributed by atoms with Crippen LogP contribution in [0, 0.1) is 21.4 Å². The maximum Gasteiger partial charge on any atom is 0.328 e. The molecule has 1 aromatic heterocycles. The summed E-state index contributed by atoms with van der Waals surface area (Å²) in [6, 6.07) is 10.6. The number of nitriles is 1. The Morgan fingerprint density at radius 3 is 2.91 bits per heavy atom. The van der Waals surface area contributed by atoms with E-state index >= 15 is 0 Å². The van der Waals surface area contributed by atoms with E-state index in [1.54, 1.807) is 7.11 Å². The van der Waals surface area contributed by atoms with Gasteiger partial charge in [0, 0.05) is 12.2 Å². The van der Waals surface area contributed by atoms with Crippen LogP contribution in [0.4, 0.5) is 11.5 Å². The number of nitrogens with one attached hydrogen (secondary N) is 1. The maximum absolute atomic E-state index is 11.2. The molecule has 0 radical (unpaired) electrons. The molecule has 23 heavy (non-hydrogen) atoms. The molecule has 1 N–H and O–H groups in total. The first kappa shape index (κ1) is 16.2. The number of hydrogen-bond acceptors (Lipinski definition) is 6.